The van der Waals surface area contributed by atoms with Crippen molar-refractivity contribution in [1.82, 2.24) is 4.57 Å². The number of aromatic nitrogens is 1. The van der Waals surface area contributed by atoms with E-state index in [1.807, 2.05) is 24.3 Å². The van der Waals surface area contributed by atoms with Crippen LogP contribution in [0.25, 0.3) is 21.3 Å². The van der Waals surface area contributed by atoms with Gasteiger partial charge in [0.1, 0.15) is 10.9 Å². The van der Waals surface area contributed by atoms with Crippen LogP contribution in [0.1, 0.15) is 18.7 Å². The summed E-state index contributed by atoms with van der Waals surface area (Å²) < 4.78 is 27.7. The fourth-order valence-corrected chi connectivity index (χ4v) is 4.24. The number of anilines is 1. The van der Waals surface area contributed by atoms with Crippen LogP contribution in [0.15, 0.2) is 36.5 Å². The summed E-state index contributed by atoms with van der Waals surface area (Å²) in [5, 5.41) is 10.1. The predicted molar refractivity (Wildman–Crippen MR) is 103 cm³/mol. The molecule has 130 valence electrons. The van der Waals surface area contributed by atoms with E-state index in [1.54, 1.807) is 6.07 Å². The summed E-state index contributed by atoms with van der Waals surface area (Å²) in [5.74, 6) is 0.452. The van der Waals surface area contributed by atoms with Gasteiger partial charge in [0.2, 0.25) is 10.0 Å². The number of thiophene rings is 1. The second-order valence-corrected chi connectivity index (χ2v) is 9.30. The molecule has 2 aromatic heterocycles. The minimum Gasteiger partial charge on any atom is -0.346 e. The third-order valence-corrected chi connectivity index (χ3v) is 5.36. The average Bonchev–Trinajstić information content (AvgIpc) is 3.10. The minimum atomic E-state index is -3.32. The van der Waals surface area contributed by atoms with E-state index >= 15 is 0 Å². The Morgan fingerprint density at radius 1 is 1.28 bits per heavy atom. The monoisotopic (exact) mass is 373 g/mol. The molecule has 0 aliphatic rings. The molecular formula is C18H19N3O2S2. The molecule has 0 aliphatic carbocycles. The van der Waals surface area contributed by atoms with Crippen LogP contribution in [-0.4, -0.2) is 19.2 Å². The predicted octanol–water partition coefficient (Wildman–Crippen LogP) is 4.27. The zero-order valence-corrected chi connectivity index (χ0v) is 15.9. The summed E-state index contributed by atoms with van der Waals surface area (Å²) in [4.78, 5) is 1.71. The third-order valence-electron chi connectivity index (χ3n) is 3.73. The van der Waals surface area contributed by atoms with Crippen LogP contribution in [0, 0.1) is 17.2 Å². The number of nitrogens with zero attached hydrogens (tertiary/aromatic N) is 2. The van der Waals surface area contributed by atoms with E-state index in [2.05, 4.69) is 35.4 Å². The van der Waals surface area contributed by atoms with E-state index in [9.17, 15) is 8.42 Å². The number of nitrogens with one attached hydrogen (secondary N) is 1. The molecule has 0 unspecified atom stereocenters. The zero-order chi connectivity index (χ0) is 18.2. The second kappa shape index (κ2) is 6.54. The first kappa shape index (κ1) is 17.5. The Bertz CT molecular complexity index is 1070. The van der Waals surface area contributed by atoms with Gasteiger partial charge in [0.15, 0.2) is 0 Å². The molecule has 0 amide bonds. The molecule has 0 aliphatic heterocycles. The van der Waals surface area contributed by atoms with Gasteiger partial charge in [-0.2, -0.15) is 5.26 Å². The third kappa shape index (κ3) is 3.86. The Balaban J connectivity index is 2.17. The van der Waals surface area contributed by atoms with Gasteiger partial charge in [-0.15, -0.1) is 11.3 Å². The lowest BCUT2D eigenvalue weighted by atomic mass is 10.1. The quantitative estimate of drug-likeness (QED) is 0.726. The standard InChI is InChI=1S/C18H19N3O2S2/c1-12(2)10-21-11-16(18-7-5-14(9-19)24-18)15-6-4-13(8-17(15)21)20-25(3,22)23/h4-8,11-12,20H,10H2,1-3H3. The van der Waals surface area contributed by atoms with Gasteiger partial charge in [-0.1, -0.05) is 19.9 Å². The molecule has 25 heavy (non-hydrogen) atoms. The molecule has 1 aromatic carbocycles. The summed E-state index contributed by atoms with van der Waals surface area (Å²) in [6.45, 7) is 5.11. The SMILES string of the molecule is CC(C)Cn1cc(-c2ccc(C#N)s2)c2ccc(NS(C)(=O)=O)cc21. The van der Waals surface area contributed by atoms with Crippen LogP contribution >= 0.6 is 11.3 Å². The molecule has 0 atom stereocenters. The first-order valence-corrected chi connectivity index (χ1v) is 10.6. The average molecular weight is 374 g/mol. The molecule has 0 saturated heterocycles. The van der Waals surface area contributed by atoms with Crippen molar-refractivity contribution in [3.8, 4) is 16.5 Å². The van der Waals surface area contributed by atoms with Crippen LogP contribution in [-0.2, 0) is 16.6 Å². The van der Waals surface area contributed by atoms with Crippen molar-refractivity contribution in [3.63, 3.8) is 0 Å². The molecule has 0 saturated carbocycles. The molecule has 3 rings (SSSR count). The van der Waals surface area contributed by atoms with Crippen LogP contribution in [0.5, 0.6) is 0 Å². The second-order valence-electron chi connectivity index (χ2n) is 6.47. The lowest BCUT2D eigenvalue weighted by Crippen LogP contribution is -2.09. The highest BCUT2D eigenvalue weighted by molar-refractivity contribution is 7.92. The number of fused-ring (bicyclic) bond motifs is 1. The number of nitriles is 1. The zero-order valence-electron chi connectivity index (χ0n) is 14.3. The van der Waals surface area contributed by atoms with E-state index < -0.39 is 10.0 Å². The summed E-state index contributed by atoms with van der Waals surface area (Å²) in [7, 11) is -3.32. The van der Waals surface area contributed by atoms with Crippen molar-refractivity contribution < 1.29 is 8.42 Å². The smallest absolute Gasteiger partial charge is 0.229 e. The molecule has 1 N–H and O–H groups in total. The van der Waals surface area contributed by atoms with Gasteiger partial charge in [-0.3, -0.25) is 4.72 Å². The molecule has 0 radical (unpaired) electrons. The number of hydrogen-bond acceptors (Lipinski definition) is 4. The van der Waals surface area contributed by atoms with Crippen LogP contribution < -0.4 is 4.72 Å². The highest BCUT2D eigenvalue weighted by atomic mass is 32.2. The fraction of sp³-hybridized carbons (Fsp3) is 0.278. The molecule has 7 heteroatoms. The van der Waals surface area contributed by atoms with E-state index in [0.29, 0.717) is 16.5 Å². The Labute approximate surface area is 151 Å². The van der Waals surface area contributed by atoms with Gasteiger partial charge in [0.05, 0.1) is 17.5 Å². The molecule has 0 fully saturated rings. The lowest BCUT2D eigenvalue weighted by molar-refractivity contribution is 0.535. The van der Waals surface area contributed by atoms with Gasteiger partial charge < -0.3 is 4.57 Å². The Morgan fingerprint density at radius 2 is 2.04 bits per heavy atom. The van der Waals surface area contributed by atoms with Crippen molar-refractivity contribution in [2.45, 2.75) is 20.4 Å². The number of hydrogen-bond donors (Lipinski definition) is 1. The molecule has 0 spiro atoms. The Hall–Kier alpha value is -2.30. The highest BCUT2D eigenvalue weighted by Crippen LogP contribution is 2.36. The van der Waals surface area contributed by atoms with Crippen LogP contribution in [0.4, 0.5) is 5.69 Å². The fourth-order valence-electron chi connectivity index (χ4n) is 2.85. The van der Waals surface area contributed by atoms with Crippen molar-refractivity contribution in [1.29, 1.82) is 5.26 Å². The largest absolute Gasteiger partial charge is 0.346 e. The van der Waals surface area contributed by atoms with Gasteiger partial charge in [0, 0.05) is 28.6 Å². The molecule has 2 heterocycles. The summed E-state index contributed by atoms with van der Waals surface area (Å²) in [5.41, 5.74) is 2.59. The maximum absolute atomic E-state index is 11.5. The molecule has 0 bridgehead atoms. The first-order valence-electron chi connectivity index (χ1n) is 7.88. The normalized spacial score (nSPS) is 11.8. The van der Waals surface area contributed by atoms with Crippen molar-refractivity contribution in [2.75, 3.05) is 11.0 Å². The molecule has 5 nitrogen and oxygen atoms in total. The highest BCUT2D eigenvalue weighted by Gasteiger charge is 2.14. The topological polar surface area (TPSA) is 74.9 Å². The summed E-state index contributed by atoms with van der Waals surface area (Å²) in [6.07, 6.45) is 3.23. The first-order chi connectivity index (χ1) is 11.8. The summed E-state index contributed by atoms with van der Waals surface area (Å²) >= 11 is 1.46. The van der Waals surface area contributed by atoms with Crippen molar-refractivity contribution in [2.24, 2.45) is 5.92 Å². The van der Waals surface area contributed by atoms with Crippen molar-refractivity contribution in [3.05, 3.63) is 41.4 Å². The number of sulfonamides is 1. The van der Waals surface area contributed by atoms with Gasteiger partial charge >= 0.3 is 0 Å². The Morgan fingerprint density at radius 3 is 2.64 bits per heavy atom. The van der Waals surface area contributed by atoms with E-state index in [0.717, 1.165) is 34.1 Å². The van der Waals surface area contributed by atoms with Gasteiger partial charge in [-0.25, -0.2) is 8.42 Å². The minimum absolute atomic E-state index is 0.452. The van der Waals surface area contributed by atoms with Crippen LogP contribution in [0.2, 0.25) is 0 Å². The van der Waals surface area contributed by atoms with Gasteiger partial charge in [0.25, 0.3) is 0 Å². The van der Waals surface area contributed by atoms with Crippen molar-refractivity contribution >= 4 is 38.0 Å². The van der Waals surface area contributed by atoms with E-state index in [4.69, 9.17) is 5.26 Å². The molecular weight excluding hydrogens is 354 g/mol. The van der Waals surface area contributed by atoms with E-state index in [1.165, 1.54) is 11.3 Å². The summed E-state index contributed by atoms with van der Waals surface area (Å²) in [6, 6.07) is 11.5. The number of benzene rings is 1. The van der Waals surface area contributed by atoms with E-state index in [-0.39, 0.29) is 0 Å². The maximum Gasteiger partial charge on any atom is 0.229 e. The van der Waals surface area contributed by atoms with Gasteiger partial charge in [-0.05, 0) is 30.2 Å². The van der Waals surface area contributed by atoms with Crippen LogP contribution in [0.3, 0.4) is 0 Å². The lowest BCUT2D eigenvalue weighted by Gasteiger charge is -2.09. The maximum atomic E-state index is 11.5. The molecule has 3 aromatic rings. The number of rotatable bonds is 5. The Kier molecular flexibility index (Phi) is 4.58.